The number of rotatable bonds is 4. The van der Waals surface area contributed by atoms with Crippen molar-refractivity contribution in [2.45, 2.75) is 39.0 Å². The van der Waals surface area contributed by atoms with Crippen molar-refractivity contribution in [1.82, 2.24) is 10.2 Å². The van der Waals surface area contributed by atoms with Gasteiger partial charge < -0.3 is 10.1 Å². The van der Waals surface area contributed by atoms with E-state index in [1.165, 1.54) is 0 Å². The maximum Gasteiger partial charge on any atom is 0.237 e. The van der Waals surface area contributed by atoms with Crippen molar-refractivity contribution < 1.29 is 9.53 Å². The number of hydrogen-bond acceptors (Lipinski definition) is 3. The lowest BCUT2D eigenvalue weighted by Gasteiger charge is -2.38. The van der Waals surface area contributed by atoms with Crippen LogP contribution in [0.25, 0.3) is 0 Å². The van der Waals surface area contributed by atoms with Crippen LogP contribution in [0.1, 0.15) is 20.8 Å². The van der Waals surface area contributed by atoms with E-state index in [1.807, 2.05) is 20.8 Å². The molecule has 0 spiro atoms. The van der Waals surface area contributed by atoms with Crippen LogP contribution in [0, 0.1) is 0 Å². The molecule has 1 aliphatic heterocycles. The zero-order chi connectivity index (χ0) is 12.1. The van der Waals surface area contributed by atoms with Gasteiger partial charge in [-0.3, -0.25) is 9.69 Å². The molecule has 4 heteroatoms. The molecular weight excluding hydrogens is 204 g/mol. The summed E-state index contributed by atoms with van der Waals surface area (Å²) in [7, 11) is 0. The average Bonchev–Trinajstić information content (AvgIpc) is 2.23. The number of hydrogen-bond donors (Lipinski definition) is 1. The van der Waals surface area contributed by atoms with Gasteiger partial charge in [-0.25, -0.2) is 0 Å². The van der Waals surface area contributed by atoms with Gasteiger partial charge in [-0.2, -0.15) is 0 Å². The Morgan fingerprint density at radius 3 is 2.62 bits per heavy atom. The second-order valence-electron chi connectivity index (χ2n) is 4.42. The fraction of sp³-hybridized carbons (Fsp3) is 0.750. The Labute approximate surface area is 97.6 Å². The van der Waals surface area contributed by atoms with Crippen molar-refractivity contribution in [1.29, 1.82) is 0 Å². The molecule has 16 heavy (non-hydrogen) atoms. The quantitative estimate of drug-likeness (QED) is 0.721. The molecule has 1 rings (SSSR count). The highest BCUT2D eigenvalue weighted by atomic mass is 16.5. The summed E-state index contributed by atoms with van der Waals surface area (Å²) < 4.78 is 5.64. The molecule has 0 unspecified atom stereocenters. The van der Waals surface area contributed by atoms with E-state index in [1.54, 1.807) is 6.08 Å². The maximum atomic E-state index is 11.8. The molecule has 0 aliphatic carbocycles. The summed E-state index contributed by atoms with van der Waals surface area (Å²) >= 11 is 0. The predicted octanol–water partition coefficient (Wildman–Crippen LogP) is 0.786. The molecular formula is C12H22N2O2. The van der Waals surface area contributed by atoms with Crippen LogP contribution in [0.5, 0.6) is 0 Å². The molecule has 4 nitrogen and oxygen atoms in total. The van der Waals surface area contributed by atoms with Gasteiger partial charge >= 0.3 is 0 Å². The molecule has 1 saturated heterocycles. The third-order valence-electron chi connectivity index (χ3n) is 2.80. The minimum atomic E-state index is -0.103. The van der Waals surface area contributed by atoms with E-state index in [0.717, 1.165) is 13.1 Å². The van der Waals surface area contributed by atoms with Crippen LogP contribution < -0.4 is 5.32 Å². The fourth-order valence-electron chi connectivity index (χ4n) is 2.02. The van der Waals surface area contributed by atoms with Crippen molar-refractivity contribution in [3.63, 3.8) is 0 Å². The number of ether oxygens (including phenoxy) is 1. The first-order chi connectivity index (χ1) is 7.54. The average molecular weight is 226 g/mol. The third kappa shape index (κ3) is 3.61. The van der Waals surface area contributed by atoms with Gasteiger partial charge in [-0.05, 0) is 20.8 Å². The second kappa shape index (κ2) is 6.01. The Kier molecular flexibility index (Phi) is 4.96. The molecule has 0 radical (unpaired) electrons. The minimum absolute atomic E-state index is 0.0567. The summed E-state index contributed by atoms with van der Waals surface area (Å²) in [6.07, 6.45) is 2.08. The molecule has 1 amide bonds. The van der Waals surface area contributed by atoms with E-state index < -0.39 is 0 Å². The van der Waals surface area contributed by atoms with Gasteiger partial charge in [0.1, 0.15) is 0 Å². The standard InChI is InChI=1S/C12H22N2O2/c1-5-6-13-12(15)11(4)14-7-9(2)16-10(3)8-14/h5,9-11H,1,6-8H2,2-4H3,(H,13,15)/t9-,10-,11-/m0/s1. The highest BCUT2D eigenvalue weighted by molar-refractivity contribution is 5.81. The van der Waals surface area contributed by atoms with Crippen LogP contribution in [0.3, 0.4) is 0 Å². The summed E-state index contributed by atoms with van der Waals surface area (Å²) in [6.45, 7) is 11.7. The minimum Gasteiger partial charge on any atom is -0.373 e. The molecule has 1 heterocycles. The van der Waals surface area contributed by atoms with Gasteiger partial charge in [0.25, 0.3) is 0 Å². The normalized spacial score (nSPS) is 28.4. The Hall–Kier alpha value is -0.870. The molecule has 0 aromatic heterocycles. The van der Waals surface area contributed by atoms with E-state index in [-0.39, 0.29) is 24.2 Å². The summed E-state index contributed by atoms with van der Waals surface area (Å²) in [5.74, 6) is 0.0567. The molecule has 1 fully saturated rings. The first kappa shape index (κ1) is 13.2. The third-order valence-corrected chi connectivity index (χ3v) is 2.80. The zero-order valence-corrected chi connectivity index (χ0v) is 10.4. The number of carbonyl (C=O) groups is 1. The van der Waals surface area contributed by atoms with Crippen LogP contribution >= 0.6 is 0 Å². The smallest absolute Gasteiger partial charge is 0.237 e. The molecule has 3 atom stereocenters. The number of morpholine rings is 1. The van der Waals surface area contributed by atoms with Gasteiger partial charge in [-0.15, -0.1) is 6.58 Å². The zero-order valence-electron chi connectivity index (χ0n) is 10.4. The maximum absolute atomic E-state index is 11.8. The van der Waals surface area contributed by atoms with Gasteiger partial charge in [0, 0.05) is 19.6 Å². The first-order valence-corrected chi connectivity index (χ1v) is 5.82. The highest BCUT2D eigenvalue weighted by Crippen LogP contribution is 2.13. The summed E-state index contributed by atoms with van der Waals surface area (Å²) in [6, 6.07) is -0.103. The Morgan fingerprint density at radius 1 is 1.56 bits per heavy atom. The molecule has 0 aromatic rings. The lowest BCUT2D eigenvalue weighted by Crippen LogP contribution is -2.53. The van der Waals surface area contributed by atoms with Gasteiger partial charge in [0.2, 0.25) is 5.91 Å². The SMILES string of the molecule is C=CCNC(=O)[C@H](C)N1C[C@H](C)O[C@@H](C)C1. The summed E-state index contributed by atoms with van der Waals surface area (Å²) in [5.41, 5.74) is 0. The number of amides is 1. The Bertz CT molecular complexity index is 245. The van der Waals surface area contributed by atoms with E-state index in [4.69, 9.17) is 4.74 Å². The van der Waals surface area contributed by atoms with E-state index in [0.29, 0.717) is 6.54 Å². The topological polar surface area (TPSA) is 41.6 Å². The molecule has 0 aromatic carbocycles. The molecule has 1 N–H and O–H groups in total. The first-order valence-electron chi connectivity index (χ1n) is 5.82. The molecule has 0 saturated carbocycles. The van der Waals surface area contributed by atoms with Gasteiger partial charge in [0.15, 0.2) is 0 Å². The molecule has 92 valence electrons. The van der Waals surface area contributed by atoms with Crippen molar-refractivity contribution in [3.05, 3.63) is 12.7 Å². The Morgan fingerprint density at radius 2 is 2.12 bits per heavy atom. The van der Waals surface area contributed by atoms with Crippen molar-refractivity contribution in [3.8, 4) is 0 Å². The number of carbonyl (C=O) groups excluding carboxylic acids is 1. The van der Waals surface area contributed by atoms with E-state index in [2.05, 4.69) is 16.8 Å². The highest BCUT2D eigenvalue weighted by Gasteiger charge is 2.28. The van der Waals surface area contributed by atoms with Crippen molar-refractivity contribution >= 4 is 5.91 Å². The Balaban J connectivity index is 2.48. The monoisotopic (exact) mass is 226 g/mol. The van der Waals surface area contributed by atoms with Gasteiger partial charge in [-0.1, -0.05) is 6.08 Å². The van der Waals surface area contributed by atoms with Crippen LogP contribution in [-0.4, -0.2) is 48.7 Å². The largest absolute Gasteiger partial charge is 0.373 e. The predicted molar refractivity (Wildman–Crippen MR) is 64.3 cm³/mol. The van der Waals surface area contributed by atoms with Crippen LogP contribution in [0.15, 0.2) is 12.7 Å². The molecule has 0 bridgehead atoms. The fourth-order valence-corrected chi connectivity index (χ4v) is 2.02. The van der Waals surface area contributed by atoms with Crippen molar-refractivity contribution in [2.75, 3.05) is 19.6 Å². The number of nitrogens with zero attached hydrogens (tertiary/aromatic N) is 1. The van der Waals surface area contributed by atoms with E-state index in [9.17, 15) is 4.79 Å². The summed E-state index contributed by atoms with van der Waals surface area (Å²) in [4.78, 5) is 13.9. The van der Waals surface area contributed by atoms with Crippen molar-refractivity contribution in [2.24, 2.45) is 0 Å². The lowest BCUT2D eigenvalue weighted by molar-refractivity contribution is -0.131. The van der Waals surface area contributed by atoms with E-state index >= 15 is 0 Å². The van der Waals surface area contributed by atoms with Crippen LogP contribution in [-0.2, 0) is 9.53 Å². The lowest BCUT2D eigenvalue weighted by atomic mass is 10.1. The summed E-state index contributed by atoms with van der Waals surface area (Å²) in [5, 5.41) is 2.82. The number of nitrogens with one attached hydrogen (secondary N) is 1. The van der Waals surface area contributed by atoms with Crippen LogP contribution in [0.2, 0.25) is 0 Å². The molecule has 1 aliphatic rings. The van der Waals surface area contributed by atoms with Crippen LogP contribution in [0.4, 0.5) is 0 Å². The second-order valence-corrected chi connectivity index (χ2v) is 4.42. The van der Waals surface area contributed by atoms with Gasteiger partial charge in [0.05, 0.1) is 18.2 Å².